The van der Waals surface area contributed by atoms with Crippen LogP contribution in [0.5, 0.6) is 0 Å². The van der Waals surface area contributed by atoms with Gasteiger partial charge in [-0.3, -0.25) is 9.59 Å². The second-order valence-corrected chi connectivity index (χ2v) is 5.05. The Kier molecular flexibility index (Phi) is 10.2. The largest absolute Gasteiger partial charge is 0.463 e. The van der Waals surface area contributed by atoms with Gasteiger partial charge in [-0.05, 0) is 39.0 Å². The van der Waals surface area contributed by atoms with Gasteiger partial charge in [-0.15, -0.1) is 0 Å². The van der Waals surface area contributed by atoms with E-state index in [1.165, 1.54) is 13.8 Å². The van der Waals surface area contributed by atoms with Gasteiger partial charge in [0.1, 0.15) is 6.10 Å². The standard InChI is InChI=1S/C15H28O4/c1-5-15(19-14(4)17)11-9-7-6-8-10-12(2)18-13(3)16/h12,15H,5-11H2,1-4H3/t12-,15-/m0/s1. The van der Waals surface area contributed by atoms with Gasteiger partial charge >= 0.3 is 11.9 Å². The summed E-state index contributed by atoms with van der Waals surface area (Å²) in [4.78, 5) is 21.6. The molecule has 0 bridgehead atoms. The molecule has 0 saturated carbocycles. The van der Waals surface area contributed by atoms with E-state index in [1.807, 2.05) is 13.8 Å². The van der Waals surface area contributed by atoms with Gasteiger partial charge in [0.15, 0.2) is 0 Å². The minimum atomic E-state index is -0.209. The maximum absolute atomic E-state index is 10.8. The molecule has 19 heavy (non-hydrogen) atoms. The maximum Gasteiger partial charge on any atom is 0.302 e. The highest BCUT2D eigenvalue weighted by molar-refractivity contribution is 5.66. The van der Waals surface area contributed by atoms with Gasteiger partial charge in [0.05, 0.1) is 6.10 Å². The first-order valence-electron chi connectivity index (χ1n) is 7.30. The lowest BCUT2D eigenvalue weighted by atomic mass is 10.1. The van der Waals surface area contributed by atoms with Gasteiger partial charge < -0.3 is 9.47 Å². The van der Waals surface area contributed by atoms with Crippen molar-refractivity contribution in [3.63, 3.8) is 0 Å². The molecule has 0 fully saturated rings. The molecular weight excluding hydrogens is 244 g/mol. The van der Waals surface area contributed by atoms with E-state index in [2.05, 4.69) is 0 Å². The Hall–Kier alpha value is -1.06. The molecule has 0 rings (SSSR count). The van der Waals surface area contributed by atoms with Gasteiger partial charge in [-0.1, -0.05) is 19.8 Å². The van der Waals surface area contributed by atoms with E-state index in [-0.39, 0.29) is 24.1 Å². The molecule has 4 nitrogen and oxygen atoms in total. The fourth-order valence-electron chi connectivity index (χ4n) is 2.08. The zero-order chi connectivity index (χ0) is 14.7. The molecule has 0 aliphatic carbocycles. The number of rotatable bonds is 10. The Morgan fingerprint density at radius 1 is 0.895 bits per heavy atom. The minimum Gasteiger partial charge on any atom is -0.463 e. The van der Waals surface area contributed by atoms with Crippen LogP contribution in [0.4, 0.5) is 0 Å². The van der Waals surface area contributed by atoms with E-state index < -0.39 is 0 Å². The van der Waals surface area contributed by atoms with Crippen LogP contribution in [0.3, 0.4) is 0 Å². The third-order valence-electron chi connectivity index (χ3n) is 3.04. The van der Waals surface area contributed by atoms with E-state index >= 15 is 0 Å². The third-order valence-corrected chi connectivity index (χ3v) is 3.04. The van der Waals surface area contributed by atoms with Crippen LogP contribution < -0.4 is 0 Å². The molecule has 112 valence electrons. The number of hydrogen-bond donors (Lipinski definition) is 0. The van der Waals surface area contributed by atoms with Crippen molar-refractivity contribution in [1.29, 1.82) is 0 Å². The van der Waals surface area contributed by atoms with Crippen molar-refractivity contribution in [2.45, 2.75) is 84.8 Å². The van der Waals surface area contributed by atoms with E-state index in [0.29, 0.717) is 0 Å². The van der Waals surface area contributed by atoms with Gasteiger partial charge in [-0.2, -0.15) is 0 Å². The van der Waals surface area contributed by atoms with Crippen LogP contribution in [0.1, 0.15) is 72.6 Å². The van der Waals surface area contributed by atoms with Crippen LogP contribution in [0, 0.1) is 0 Å². The van der Waals surface area contributed by atoms with Gasteiger partial charge in [-0.25, -0.2) is 0 Å². The molecule has 0 aliphatic rings. The molecule has 0 radical (unpaired) electrons. The lowest BCUT2D eigenvalue weighted by Crippen LogP contribution is -2.15. The second kappa shape index (κ2) is 10.8. The lowest BCUT2D eigenvalue weighted by Gasteiger charge is -2.15. The Morgan fingerprint density at radius 2 is 1.42 bits per heavy atom. The Bertz CT molecular complexity index is 263. The zero-order valence-electron chi connectivity index (χ0n) is 12.7. The molecule has 0 amide bonds. The van der Waals surface area contributed by atoms with Gasteiger partial charge in [0.25, 0.3) is 0 Å². The number of carbonyl (C=O) groups excluding carboxylic acids is 2. The van der Waals surface area contributed by atoms with Crippen molar-refractivity contribution in [3.05, 3.63) is 0 Å². The minimum absolute atomic E-state index is 0.0157. The molecule has 0 N–H and O–H groups in total. The molecule has 4 heteroatoms. The van der Waals surface area contributed by atoms with Crippen molar-refractivity contribution in [2.75, 3.05) is 0 Å². The van der Waals surface area contributed by atoms with Crippen LogP contribution in [0.2, 0.25) is 0 Å². The molecule has 0 aromatic rings. The Labute approximate surface area is 116 Å². The predicted molar refractivity (Wildman–Crippen MR) is 74.8 cm³/mol. The highest BCUT2D eigenvalue weighted by Crippen LogP contribution is 2.13. The van der Waals surface area contributed by atoms with Crippen molar-refractivity contribution in [2.24, 2.45) is 0 Å². The van der Waals surface area contributed by atoms with Crippen LogP contribution in [-0.4, -0.2) is 24.1 Å². The van der Waals surface area contributed by atoms with Gasteiger partial charge in [0, 0.05) is 13.8 Å². The van der Waals surface area contributed by atoms with E-state index in [4.69, 9.17) is 9.47 Å². The summed E-state index contributed by atoms with van der Waals surface area (Å²) in [6.45, 7) is 6.86. The highest BCUT2D eigenvalue weighted by atomic mass is 16.5. The maximum atomic E-state index is 10.8. The summed E-state index contributed by atoms with van der Waals surface area (Å²) in [7, 11) is 0. The molecule has 2 atom stereocenters. The summed E-state index contributed by atoms with van der Waals surface area (Å²) in [5, 5.41) is 0. The monoisotopic (exact) mass is 272 g/mol. The summed E-state index contributed by atoms with van der Waals surface area (Å²) in [5.74, 6) is -0.401. The number of esters is 2. The van der Waals surface area contributed by atoms with E-state index in [9.17, 15) is 9.59 Å². The van der Waals surface area contributed by atoms with Crippen molar-refractivity contribution in [1.82, 2.24) is 0 Å². The fraction of sp³-hybridized carbons (Fsp3) is 0.867. The number of ether oxygens (including phenoxy) is 2. The van der Waals surface area contributed by atoms with Crippen molar-refractivity contribution >= 4 is 11.9 Å². The average Bonchev–Trinajstić information content (AvgIpc) is 2.30. The van der Waals surface area contributed by atoms with Crippen LogP contribution in [0.25, 0.3) is 0 Å². The van der Waals surface area contributed by atoms with E-state index in [0.717, 1.165) is 44.9 Å². The molecule has 0 aliphatic heterocycles. The van der Waals surface area contributed by atoms with Crippen LogP contribution >= 0.6 is 0 Å². The molecule has 0 unspecified atom stereocenters. The predicted octanol–water partition coefficient (Wildman–Crippen LogP) is 3.62. The molecule has 0 saturated heterocycles. The van der Waals surface area contributed by atoms with E-state index in [1.54, 1.807) is 0 Å². The average molecular weight is 272 g/mol. The summed E-state index contributed by atoms with van der Waals surface area (Å²) in [6, 6.07) is 0. The molecule has 0 aromatic heterocycles. The number of hydrogen-bond acceptors (Lipinski definition) is 4. The highest BCUT2D eigenvalue weighted by Gasteiger charge is 2.09. The summed E-state index contributed by atoms with van der Waals surface area (Å²) in [5.41, 5.74) is 0. The normalized spacial score (nSPS) is 13.7. The van der Waals surface area contributed by atoms with Crippen molar-refractivity contribution in [3.8, 4) is 0 Å². The smallest absolute Gasteiger partial charge is 0.302 e. The first-order valence-corrected chi connectivity index (χ1v) is 7.30. The number of unbranched alkanes of at least 4 members (excludes halogenated alkanes) is 3. The van der Waals surface area contributed by atoms with Crippen LogP contribution in [0.15, 0.2) is 0 Å². The van der Waals surface area contributed by atoms with Gasteiger partial charge in [0.2, 0.25) is 0 Å². The fourth-order valence-corrected chi connectivity index (χ4v) is 2.08. The summed E-state index contributed by atoms with van der Waals surface area (Å²) < 4.78 is 10.3. The molecule has 0 aromatic carbocycles. The quantitative estimate of drug-likeness (QED) is 0.450. The van der Waals surface area contributed by atoms with Crippen molar-refractivity contribution < 1.29 is 19.1 Å². The SMILES string of the molecule is CC[C@@H](CCCCCC[C@H](C)OC(C)=O)OC(C)=O. The molecule has 0 heterocycles. The second-order valence-electron chi connectivity index (χ2n) is 5.05. The summed E-state index contributed by atoms with van der Waals surface area (Å²) >= 11 is 0. The Morgan fingerprint density at radius 3 is 1.89 bits per heavy atom. The summed E-state index contributed by atoms with van der Waals surface area (Å²) in [6.07, 6.45) is 7.22. The first-order chi connectivity index (χ1) is 8.95. The lowest BCUT2D eigenvalue weighted by molar-refractivity contribution is -0.147. The Balaban J connectivity index is 3.48. The zero-order valence-corrected chi connectivity index (χ0v) is 12.7. The third kappa shape index (κ3) is 11.7. The first kappa shape index (κ1) is 17.9. The molecular formula is C15H28O4. The van der Waals surface area contributed by atoms with Crippen LogP contribution in [-0.2, 0) is 19.1 Å². The molecule has 0 spiro atoms. The number of carbonyl (C=O) groups is 2. The topological polar surface area (TPSA) is 52.6 Å².